The van der Waals surface area contributed by atoms with E-state index in [4.69, 9.17) is 0 Å². The molecule has 0 saturated carbocycles. The molecule has 2 amide bonds. The third-order valence-electron chi connectivity index (χ3n) is 4.79. The van der Waals surface area contributed by atoms with Gasteiger partial charge in [-0.3, -0.25) is 14.5 Å². The summed E-state index contributed by atoms with van der Waals surface area (Å²) in [6.45, 7) is 15.7. The fourth-order valence-electron chi connectivity index (χ4n) is 3.12. The maximum Gasteiger partial charge on any atom is 0.235 e. The van der Waals surface area contributed by atoms with Crippen molar-refractivity contribution in [2.45, 2.75) is 74.8 Å². The Hall–Kier alpha value is -1.64. The smallest absolute Gasteiger partial charge is 0.235 e. The zero-order valence-corrected chi connectivity index (χ0v) is 15.9. The zero-order chi connectivity index (χ0) is 18.1. The van der Waals surface area contributed by atoms with Crippen LogP contribution in [0.4, 0.5) is 0 Å². The third-order valence-corrected chi connectivity index (χ3v) is 4.79. The number of nitrogens with zero attached hydrogens (tertiary/aromatic N) is 1. The molecule has 24 heavy (non-hydrogen) atoms. The van der Waals surface area contributed by atoms with Crippen LogP contribution >= 0.6 is 0 Å². The Balaban J connectivity index is 0.00000170. The first-order valence-electron chi connectivity index (χ1n) is 8.45. The maximum atomic E-state index is 12.9. The summed E-state index contributed by atoms with van der Waals surface area (Å²) in [7, 11) is 0. The molecule has 1 aromatic rings. The number of imide groups is 1. The molecule has 3 nitrogen and oxygen atoms in total. The van der Waals surface area contributed by atoms with Gasteiger partial charge in [0, 0.05) is 17.3 Å². The molecule has 1 saturated heterocycles. The molecule has 3 heteroatoms. The second kappa shape index (κ2) is 7.50. The van der Waals surface area contributed by atoms with Crippen LogP contribution in [0.5, 0.6) is 0 Å². The fourth-order valence-corrected chi connectivity index (χ4v) is 3.12. The number of likely N-dealkylation sites (tertiary alicyclic amines) is 1. The average molecular weight is 334 g/mol. The first-order valence-corrected chi connectivity index (χ1v) is 8.45. The van der Waals surface area contributed by atoms with E-state index in [2.05, 4.69) is 13.8 Å². The van der Waals surface area contributed by atoms with E-state index in [9.17, 15) is 9.59 Å². The molecule has 1 heterocycles. The predicted octanol–water partition coefficient (Wildman–Crippen LogP) is 5.40. The van der Waals surface area contributed by atoms with Crippen molar-refractivity contribution in [3.05, 3.63) is 35.9 Å². The molecule has 1 aliphatic heterocycles. The highest BCUT2D eigenvalue weighted by Crippen LogP contribution is 2.53. The summed E-state index contributed by atoms with van der Waals surface area (Å²) >= 11 is 0. The van der Waals surface area contributed by atoms with Crippen molar-refractivity contribution in [2.75, 3.05) is 0 Å². The molecule has 1 atom stereocenters. The molecule has 0 aliphatic carbocycles. The Morgan fingerprint density at radius 3 is 1.92 bits per heavy atom. The number of hydrogen-bond donors (Lipinski definition) is 0. The Kier molecular flexibility index (Phi) is 6.99. The molecule has 0 N–H and O–H groups in total. The molecule has 1 aliphatic rings. The van der Waals surface area contributed by atoms with Gasteiger partial charge < -0.3 is 0 Å². The molecule has 0 unspecified atom stereocenters. The second-order valence-electron chi connectivity index (χ2n) is 7.78. The van der Waals surface area contributed by atoms with Crippen molar-refractivity contribution in [2.24, 2.45) is 10.8 Å². The van der Waals surface area contributed by atoms with Crippen molar-refractivity contribution < 1.29 is 9.59 Å². The highest BCUT2D eigenvalue weighted by atomic mass is 16.2. The number of benzene rings is 1. The maximum absolute atomic E-state index is 12.9. The first-order chi connectivity index (χ1) is 10.5. The second-order valence-corrected chi connectivity index (χ2v) is 7.78. The molecule has 136 valence electrons. The molecular weight excluding hydrogens is 298 g/mol. The largest absolute Gasteiger partial charge is 0.274 e. The zero-order valence-electron chi connectivity index (χ0n) is 15.9. The predicted molar refractivity (Wildman–Crippen MR) is 102 cm³/mol. The van der Waals surface area contributed by atoms with Gasteiger partial charge in [0.05, 0.1) is 5.54 Å². The summed E-state index contributed by atoms with van der Waals surface area (Å²) in [5.41, 5.74) is -0.479. The fraction of sp³-hybridized carbons (Fsp3) is 0.619. The lowest BCUT2D eigenvalue weighted by Gasteiger charge is -2.44. The number of hydrogen-bond acceptors (Lipinski definition) is 2. The quantitative estimate of drug-likeness (QED) is 0.690. The summed E-state index contributed by atoms with van der Waals surface area (Å²) in [6, 6.07) is 9.87. The van der Waals surface area contributed by atoms with E-state index in [1.165, 1.54) is 4.90 Å². The molecule has 0 radical (unpaired) electrons. The minimum atomic E-state index is -0.615. The van der Waals surface area contributed by atoms with Crippen molar-refractivity contribution in [1.82, 2.24) is 4.90 Å². The van der Waals surface area contributed by atoms with Crippen molar-refractivity contribution in [1.29, 1.82) is 0 Å². The Bertz CT molecular complexity index is 569. The Morgan fingerprint density at radius 2 is 1.50 bits per heavy atom. The standard InChI is InChI=1S/C18H25NO2.C2H6.CH4/c1-16(2,3)15(21)19-14(20)12-17(4,5)18(19,6)13-10-8-7-9-11-13;1-2;/h7-11H,12H2,1-6H3;1-2H3;1H4/t18-;;/m0../s1. The minimum Gasteiger partial charge on any atom is -0.274 e. The van der Waals surface area contributed by atoms with Crippen LogP contribution in [-0.4, -0.2) is 16.7 Å². The minimum absolute atomic E-state index is 0. The molecule has 0 aromatic heterocycles. The molecule has 2 rings (SSSR count). The Labute approximate surface area is 148 Å². The highest BCUT2D eigenvalue weighted by Gasteiger charge is 2.59. The van der Waals surface area contributed by atoms with Crippen LogP contribution in [-0.2, 0) is 15.1 Å². The van der Waals surface area contributed by atoms with Gasteiger partial charge in [0.2, 0.25) is 11.8 Å². The van der Waals surface area contributed by atoms with Crippen LogP contribution in [0.1, 0.15) is 74.8 Å². The van der Waals surface area contributed by atoms with Crippen molar-refractivity contribution in [3.8, 4) is 0 Å². The lowest BCUT2D eigenvalue weighted by Crippen LogP contribution is -2.53. The molecule has 1 aromatic carbocycles. The van der Waals surface area contributed by atoms with E-state index < -0.39 is 11.0 Å². The van der Waals surface area contributed by atoms with Gasteiger partial charge in [0.15, 0.2) is 0 Å². The average Bonchev–Trinajstić information content (AvgIpc) is 2.66. The number of carbonyl (C=O) groups excluding carboxylic acids is 2. The Morgan fingerprint density at radius 1 is 1.04 bits per heavy atom. The van der Waals surface area contributed by atoms with Gasteiger partial charge in [-0.15, -0.1) is 0 Å². The van der Waals surface area contributed by atoms with Crippen LogP contribution in [0, 0.1) is 10.8 Å². The van der Waals surface area contributed by atoms with Crippen molar-refractivity contribution >= 4 is 11.8 Å². The number of amides is 2. The van der Waals surface area contributed by atoms with E-state index in [1.807, 2.05) is 71.9 Å². The monoisotopic (exact) mass is 333 g/mol. The van der Waals surface area contributed by atoms with E-state index in [-0.39, 0.29) is 24.7 Å². The topological polar surface area (TPSA) is 37.4 Å². The van der Waals surface area contributed by atoms with Gasteiger partial charge in [0.1, 0.15) is 0 Å². The van der Waals surface area contributed by atoms with Gasteiger partial charge in [-0.05, 0) is 12.5 Å². The SMILES string of the molecule is C.CC.CC(C)(C)C(=O)N1C(=O)CC(C)(C)[C@]1(C)c1ccccc1. The number of rotatable bonds is 1. The summed E-state index contributed by atoms with van der Waals surface area (Å²) in [5.74, 6) is -0.185. The van der Waals surface area contributed by atoms with Crippen LogP contribution in [0.25, 0.3) is 0 Å². The first kappa shape index (κ1) is 22.4. The summed E-state index contributed by atoms with van der Waals surface area (Å²) < 4.78 is 0. The van der Waals surface area contributed by atoms with Crippen LogP contribution in [0.2, 0.25) is 0 Å². The molecular formula is C21H35NO2. The van der Waals surface area contributed by atoms with Gasteiger partial charge >= 0.3 is 0 Å². The summed E-state index contributed by atoms with van der Waals surface area (Å²) in [5, 5.41) is 0. The normalized spacial score (nSPS) is 22.3. The van der Waals surface area contributed by atoms with Gasteiger partial charge in [-0.2, -0.15) is 0 Å². The lowest BCUT2D eigenvalue weighted by molar-refractivity contribution is -0.154. The lowest BCUT2D eigenvalue weighted by atomic mass is 9.69. The number of carbonyl (C=O) groups is 2. The molecule has 0 spiro atoms. The van der Waals surface area contributed by atoms with Gasteiger partial charge in [-0.1, -0.05) is 86.2 Å². The van der Waals surface area contributed by atoms with Crippen LogP contribution in [0.3, 0.4) is 0 Å². The van der Waals surface area contributed by atoms with Gasteiger partial charge in [-0.25, -0.2) is 0 Å². The highest BCUT2D eigenvalue weighted by molar-refractivity contribution is 6.01. The molecule has 1 fully saturated rings. The van der Waals surface area contributed by atoms with E-state index in [0.717, 1.165) is 5.56 Å². The summed E-state index contributed by atoms with van der Waals surface area (Å²) in [4.78, 5) is 26.9. The van der Waals surface area contributed by atoms with Gasteiger partial charge in [0.25, 0.3) is 0 Å². The van der Waals surface area contributed by atoms with Crippen molar-refractivity contribution in [3.63, 3.8) is 0 Å². The third kappa shape index (κ3) is 3.55. The summed E-state index contributed by atoms with van der Waals surface area (Å²) in [6.07, 6.45) is 0.389. The van der Waals surface area contributed by atoms with Crippen LogP contribution < -0.4 is 0 Å². The van der Waals surface area contributed by atoms with E-state index >= 15 is 0 Å². The molecule has 0 bridgehead atoms. The van der Waals surface area contributed by atoms with E-state index in [0.29, 0.717) is 6.42 Å². The van der Waals surface area contributed by atoms with Crippen LogP contribution in [0.15, 0.2) is 30.3 Å². The van der Waals surface area contributed by atoms with E-state index in [1.54, 1.807) is 0 Å².